The molecule has 0 radical (unpaired) electrons. The van der Waals surface area contributed by atoms with Crippen molar-refractivity contribution < 1.29 is 17.6 Å². The highest BCUT2D eigenvalue weighted by atomic mass is 19.4. The molecule has 0 saturated carbocycles. The van der Waals surface area contributed by atoms with Crippen molar-refractivity contribution in [1.82, 2.24) is 0 Å². The van der Waals surface area contributed by atoms with Crippen LogP contribution in [0, 0.1) is 5.82 Å². The van der Waals surface area contributed by atoms with Crippen molar-refractivity contribution in [2.75, 3.05) is 0 Å². The summed E-state index contributed by atoms with van der Waals surface area (Å²) in [6.45, 7) is 0.943. The van der Waals surface area contributed by atoms with Crippen LogP contribution < -0.4 is 0 Å². The molecule has 0 amide bonds. The lowest BCUT2D eigenvalue weighted by Gasteiger charge is -2.16. The Balaban J connectivity index is 3.02. The summed E-state index contributed by atoms with van der Waals surface area (Å²) in [6, 6.07) is 4.92. The zero-order valence-electron chi connectivity index (χ0n) is 6.90. The molecule has 0 heterocycles. The number of hydrogen-bond donors (Lipinski definition) is 0. The topological polar surface area (TPSA) is 0 Å². The van der Waals surface area contributed by atoms with Crippen LogP contribution in [0.4, 0.5) is 17.6 Å². The molecule has 72 valence electrons. The van der Waals surface area contributed by atoms with Crippen molar-refractivity contribution in [1.29, 1.82) is 0 Å². The van der Waals surface area contributed by atoms with Gasteiger partial charge in [-0.2, -0.15) is 13.2 Å². The average molecular weight is 192 g/mol. The van der Waals surface area contributed by atoms with Gasteiger partial charge in [-0.15, -0.1) is 0 Å². The van der Waals surface area contributed by atoms with Crippen molar-refractivity contribution in [3.05, 3.63) is 35.6 Å². The van der Waals surface area contributed by atoms with E-state index in [-0.39, 0.29) is 5.56 Å². The van der Waals surface area contributed by atoms with E-state index in [1.165, 1.54) is 12.1 Å². The van der Waals surface area contributed by atoms with Gasteiger partial charge < -0.3 is 0 Å². The third-order valence-electron chi connectivity index (χ3n) is 1.86. The van der Waals surface area contributed by atoms with Crippen LogP contribution in [-0.4, -0.2) is 6.18 Å². The molecule has 1 rings (SSSR count). The normalized spacial score (nSPS) is 14.2. The van der Waals surface area contributed by atoms with Crippen molar-refractivity contribution in [2.24, 2.45) is 0 Å². The van der Waals surface area contributed by atoms with Gasteiger partial charge in [0.05, 0.1) is 5.92 Å². The maximum atomic E-state index is 12.9. The molecule has 0 nitrogen and oxygen atoms in total. The van der Waals surface area contributed by atoms with Crippen LogP contribution in [-0.2, 0) is 0 Å². The van der Waals surface area contributed by atoms with Gasteiger partial charge in [0.2, 0.25) is 0 Å². The number of rotatable bonds is 1. The molecule has 4 heteroatoms. The molecule has 0 aromatic heterocycles. The van der Waals surface area contributed by atoms with Gasteiger partial charge in [-0.1, -0.05) is 18.2 Å². The lowest BCUT2D eigenvalue weighted by Crippen LogP contribution is -2.18. The lowest BCUT2D eigenvalue weighted by molar-refractivity contribution is -0.146. The highest BCUT2D eigenvalue weighted by molar-refractivity contribution is 5.22. The van der Waals surface area contributed by atoms with E-state index in [0.29, 0.717) is 0 Å². The highest BCUT2D eigenvalue weighted by Crippen LogP contribution is 2.35. The first-order valence-corrected chi connectivity index (χ1v) is 3.74. The molecule has 0 saturated heterocycles. The molecule has 0 aliphatic carbocycles. The largest absolute Gasteiger partial charge is 0.395 e. The van der Waals surface area contributed by atoms with Crippen LogP contribution in [0.25, 0.3) is 0 Å². The van der Waals surface area contributed by atoms with E-state index in [1.54, 1.807) is 0 Å². The van der Waals surface area contributed by atoms with E-state index in [0.717, 1.165) is 19.1 Å². The molecule has 0 fully saturated rings. The zero-order valence-corrected chi connectivity index (χ0v) is 6.90. The lowest BCUT2D eigenvalue weighted by atomic mass is 10.0. The summed E-state index contributed by atoms with van der Waals surface area (Å²) in [5.41, 5.74) is -0.310. The fraction of sp³-hybridized carbons (Fsp3) is 0.333. The summed E-state index contributed by atoms with van der Waals surface area (Å²) in [4.78, 5) is 0. The van der Waals surface area contributed by atoms with Crippen molar-refractivity contribution >= 4 is 0 Å². The fourth-order valence-corrected chi connectivity index (χ4v) is 1.00. The summed E-state index contributed by atoms with van der Waals surface area (Å²) in [5.74, 6) is -2.57. The van der Waals surface area contributed by atoms with Gasteiger partial charge in [0.1, 0.15) is 5.82 Å². The number of halogens is 4. The third kappa shape index (κ3) is 2.20. The predicted molar refractivity (Wildman–Crippen MR) is 40.9 cm³/mol. The first-order chi connectivity index (χ1) is 5.93. The van der Waals surface area contributed by atoms with Crippen LogP contribution >= 0.6 is 0 Å². The smallest absolute Gasteiger partial charge is 0.207 e. The van der Waals surface area contributed by atoms with E-state index < -0.39 is 17.9 Å². The Morgan fingerprint density at radius 1 is 1.15 bits per heavy atom. The van der Waals surface area contributed by atoms with E-state index in [1.807, 2.05) is 0 Å². The van der Waals surface area contributed by atoms with Gasteiger partial charge in [-0.3, -0.25) is 0 Å². The number of alkyl halides is 3. The standard InChI is InChI=1S/C9H8F4/c1-6(9(11,12)13)7-4-2-3-5-8(7)10/h2-6H,1H3/t6-/m0/s1. The molecular formula is C9H8F4. The Labute approximate surface area is 73.2 Å². The van der Waals surface area contributed by atoms with E-state index in [2.05, 4.69) is 0 Å². The Bertz CT molecular complexity index is 290. The second-order valence-electron chi connectivity index (χ2n) is 2.78. The van der Waals surface area contributed by atoms with E-state index in [9.17, 15) is 17.6 Å². The molecule has 0 aliphatic heterocycles. The predicted octanol–water partition coefficient (Wildman–Crippen LogP) is 3.49. The van der Waals surface area contributed by atoms with Crippen LogP contribution in [0.1, 0.15) is 18.4 Å². The molecular weight excluding hydrogens is 184 g/mol. The third-order valence-corrected chi connectivity index (χ3v) is 1.86. The van der Waals surface area contributed by atoms with Crippen molar-refractivity contribution in [2.45, 2.75) is 19.0 Å². The first kappa shape index (κ1) is 10.0. The molecule has 1 atom stereocenters. The quantitative estimate of drug-likeness (QED) is 0.597. The van der Waals surface area contributed by atoms with Crippen molar-refractivity contribution in [3.63, 3.8) is 0 Å². The zero-order chi connectivity index (χ0) is 10.1. The molecule has 0 bridgehead atoms. The minimum absolute atomic E-state index is 0.310. The molecule has 13 heavy (non-hydrogen) atoms. The number of benzene rings is 1. The second-order valence-corrected chi connectivity index (χ2v) is 2.78. The highest BCUT2D eigenvalue weighted by Gasteiger charge is 2.38. The monoisotopic (exact) mass is 192 g/mol. The van der Waals surface area contributed by atoms with Crippen LogP contribution in [0.5, 0.6) is 0 Å². The summed E-state index contributed by atoms with van der Waals surface area (Å²) in [7, 11) is 0. The van der Waals surface area contributed by atoms with Gasteiger partial charge in [0.25, 0.3) is 0 Å². The SMILES string of the molecule is C[C@@H](c1ccccc1F)C(F)(F)F. The maximum Gasteiger partial charge on any atom is 0.395 e. The molecule has 0 N–H and O–H groups in total. The summed E-state index contributed by atoms with van der Waals surface area (Å²) < 4.78 is 49.3. The Kier molecular flexibility index (Phi) is 2.59. The van der Waals surface area contributed by atoms with E-state index >= 15 is 0 Å². The maximum absolute atomic E-state index is 12.9. The Hall–Kier alpha value is -1.06. The summed E-state index contributed by atoms with van der Waals surface area (Å²) in [5, 5.41) is 0. The average Bonchev–Trinajstić information content (AvgIpc) is 2.02. The van der Waals surface area contributed by atoms with Gasteiger partial charge in [-0.25, -0.2) is 4.39 Å². The van der Waals surface area contributed by atoms with Gasteiger partial charge >= 0.3 is 6.18 Å². The summed E-state index contributed by atoms with van der Waals surface area (Å²) in [6.07, 6.45) is -4.39. The second kappa shape index (κ2) is 3.36. The molecule has 1 aromatic rings. The molecule has 0 aliphatic rings. The van der Waals surface area contributed by atoms with Crippen LogP contribution in [0.15, 0.2) is 24.3 Å². The van der Waals surface area contributed by atoms with Gasteiger partial charge in [0.15, 0.2) is 0 Å². The van der Waals surface area contributed by atoms with Gasteiger partial charge in [0, 0.05) is 0 Å². The van der Waals surface area contributed by atoms with E-state index in [4.69, 9.17) is 0 Å². The summed E-state index contributed by atoms with van der Waals surface area (Å²) >= 11 is 0. The number of hydrogen-bond acceptors (Lipinski definition) is 0. The Morgan fingerprint density at radius 2 is 1.69 bits per heavy atom. The molecule has 0 unspecified atom stereocenters. The van der Waals surface area contributed by atoms with Crippen molar-refractivity contribution in [3.8, 4) is 0 Å². The van der Waals surface area contributed by atoms with Gasteiger partial charge in [-0.05, 0) is 18.6 Å². The van der Waals surface area contributed by atoms with Crippen LogP contribution in [0.2, 0.25) is 0 Å². The Morgan fingerprint density at radius 3 is 2.15 bits per heavy atom. The van der Waals surface area contributed by atoms with Crippen LogP contribution in [0.3, 0.4) is 0 Å². The minimum atomic E-state index is -4.39. The molecule has 0 spiro atoms. The first-order valence-electron chi connectivity index (χ1n) is 3.74. The minimum Gasteiger partial charge on any atom is -0.207 e. The molecule has 1 aromatic carbocycles. The fourth-order valence-electron chi connectivity index (χ4n) is 1.00.